The molecule has 0 bridgehead atoms. The van der Waals surface area contributed by atoms with E-state index in [0.29, 0.717) is 30.7 Å². The lowest BCUT2D eigenvalue weighted by Gasteiger charge is -2.25. The number of aromatic nitrogens is 1. The van der Waals surface area contributed by atoms with Crippen molar-refractivity contribution in [3.8, 4) is 0 Å². The highest BCUT2D eigenvalue weighted by molar-refractivity contribution is 9.10. The third kappa shape index (κ3) is 4.74. The molecule has 1 unspecified atom stereocenters. The Hall–Kier alpha value is -2.51. The fourth-order valence-electron chi connectivity index (χ4n) is 3.31. The average molecular weight is 459 g/mol. The second kappa shape index (κ2) is 9.33. The Labute approximate surface area is 178 Å². The number of nitrogens with zero attached hydrogens (tertiary/aromatic N) is 2. The SMILES string of the molecule is CC(C)OCCCN1C(=O)C(=O)/C(=C(\O)c2ccc(Br)cc2)C1c1cccnc1. The van der Waals surface area contributed by atoms with E-state index in [0.717, 1.165) is 4.47 Å². The van der Waals surface area contributed by atoms with Gasteiger partial charge in [0, 0.05) is 35.6 Å². The number of benzene rings is 1. The lowest BCUT2D eigenvalue weighted by molar-refractivity contribution is -0.140. The fourth-order valence-corrected chi connectivity index (χ4v) is 3.58. The van der Waals surface area contributed by atoms with Crippen molar-refractivity contribution < 1.29 is 19.4 Å². The summed E-state index contributed by atoms with van der Waals surface area (Å²) in [5.74, 6) is -1.50. The third-order valence-electron chi connectivity index (χ3n) is 4.65. The Morgan fingerprint density at radius 3 is 2.59 bits per heavy atom. The molecule has 0 radical (unpaired) electrons. The molecule has 29 heavy (non-hydrogen) atoms. The lowest BCUT2D eigenvalue weighted by atomic mass is 9.96. The van der Waals surface area contributed by atoms with Gasteiger partial charge in [-0.15, -0.1) is 0 Å². The standard InChI is InChI=1S/C22H23BrN2O4/c1-14(2)29-12-4-11-25-19(16-5-3-10-24-13-16)18(21(27)22(25)28)20(26)15-6-8-17(23)9-7-15/h3,5-10,13-14,19,26H,4,11-12H2,1-2H3/b20-18-. The number of Topliss-reactive ketones (excluding diaryl/α,β-unsaturated/α-hetero) is 1. The molecular formula is C22H23BrN2O4. The highest BCUT2D eigenvalue weighted by atomic mass is 79.9. The highest BCUT2D eigenvalue weighted by Crippen LogP contribution is 2.39. The summed E-state index contributed by atoms with van der Waals surface area (Å²) in [4.78, 5) is 31.3. The predicted octanol–water partition coefficient (Wildman–Crippen LogP) is 4.08. The van der Waals surface area contributed by atoms with Crippen molar-refractivity contribution in [1.82, 2.24) is 9.88 Å². The first-order valence-corrected chi connectivity index (χ1v) is 10.3. The Morgan fingerprint density at radius 1 is 1.24 bits per heavy atom. The van der Waals surface area contributed by atoms with Crippen LogP contribution >= 0.6 is 15.9 Å². The minimum Gasteiger partial charge on any atom is -0.507 e. The molecule has 1 atom stereocenters. The van der Waals surface area contributed by atoms with Crippen molar-refractivity contribution in [3.05, 3.63) is 70.0 Å². The number of aliphatic hydroxyl groups excluding tert-OH is 1. The molecular weight excluding hydrogens is 436 g/mol. The molecule has 7 heteroatoms. The molecule has 2 heterocycles. The van der Waals surface area contributed by atoms with E-state index in [1.165, 1.54) is 4.90 Å². The zero-order chi connectivity index (χ0) is 21.0. The number of hydrogen-bond acceptors (Lipinski definition) is 5. The summed E-state index contributed by atoms with van der Waals surface area (Å²) in [6.45, 7) is 4.71. The van der Waals surface area contributed by atoms with Crippen LogP contribution in [0.4, 0.5) is 0 Å². The van der Waals surface area contributed by atoms with E-state index in [4.69, 9.17) is 4.74 Å². The summed E-state index contributed by atoms with van der Waals surface area (Å²) in [7, 11) is 0. The summed E-state index contributed by atoms with van der Waals surface area (Å²) in [5.41, 5.74) is 1.23. The van der Waals surface area contributed by atoms with Gasteiger partial charge in [0.2, 0.25) is 0 Å². The summed E-state index contributed by atoms with van der Waals surface area (Å²) < 4.78 is 6.41. The maximum atomic E-state index is 12.9. The molecule has 1 aromatic carbocycles. The average Bonchev–Trinajstić information content (AvgIpc) is 2.96. The van der Waals surface area contributed by atoms with Crippen LogP contribution < -0.4 is 0 Å². The van der Waals surface area contributed by atoms with Crippen molar-refractivity contribution in [3.63, 3.8) is 0 Å². The molecule has 1 aromatic heterocycles. The smallest absolute Gasteiger partial charge is 0.295 e. The zero-order valence-corrected chi connectivity index (χ0v) is 17.9. The number of amides is 1. The molecule has 6 nitrogen and oxygen atoms in total. The summed E-state index contributed by atoms with van der Waals surface area (Å²) in [6.07, 6.45) is 3.92. The first-order valence-electron chi connectivity index (χ1n) is 9.46. The summed E-state index contributed by atoms with van der Waals surface area (Å²) in [6, 6.07) is 9.80. The van der Waals surface area contributed by atoms with Crippen LogP contribution in [0, 0.1) is 0 Å². The molecule has 0 aliphatic carbocycles. The normalized spacial score (nSPS) is 18.6. The Balaban J connectivity index is 1.99. The quantitative estimate of drug-likeness (QED) is 0.292. The number of likely N-dealkylation sites (tertiary alicyclic amines) is 1. The number of halogens is 1. The maximum absolute atomic E-state index is 12.9. The van der Waals surface area contributed by atoms with Gasteiger partial charge < -0.3 is 14.7 Å². The molecule has 1 amide bonds. The number of hydrogen-bond donors (Lipinski definition) is 1. The largest absolute Gasteiger partial charge is 0.507 e. The van der Waals surface area contributed by atoms with E-state index in [2.05, 4.69) is 20.9 Å². The number of carbonyl (C=O) groups is 2. The molecule has 2 aromatic rings. The Bertz CT molecular complexity index is 910. The van der Waals surface area contributed by atoms with E-state index in [1.807, 2.05) is 13.8 Å². The molecule has 1 N–H and O–H groups in total. The number of ketones is 1. The minimum absolute atomic E-state index is 0.0788. The van der Waals surface area contributed by atoms with Crippen molar-refractivity contribution in [1.29, 1.82) is 0 Å². The van der Waals surface area contributed by atoms with Gasteiger partial charge in [0.15, 0.2) is 0 Å². The first-order chi connectivity index (χ1) is 13.9. The highest BCUT2D eigenvalue weighted by Gasteiger charge is 2.45. The van der Waals surface area contributed by atoms with Gasteiger partial charge in [-0.2, -0.15) is 0 Å². The van der Waals surface area contributed by atoms with Gasteiger partial charge in [0.05, 0.1) is 17.7 Å². The van der Waals surface area contributed by atoms with Gasteiger partial charge in [0.25, 0.3) is 11.7 Å². The molecule has 0 spiro atoms. The van der Waals surface area contributed by atoms with Crippen LogP contribution in [0.2, 0.25) is 0 Å². The van der Waals surface area contributed by atoms with E-state index in [9.17, 15) is 14.7 Å². The maximum Gasteiger partial charge on any atom is 0.295 e. The van der Waals surface area contributed by atoms with E-state index >= 15 is 0 Å². The molecule has 1 aliphatic heterocycles. The monoisotopic (exact) mass is 458 g/mol. The van der Waals surface area contributed by atoms with E-state index in [1.54, 1.807) is 48.8 Å². The van der Waals surface area contributed by atoms with Crippen LogP contribution in [0.5, 0.6) is 0 Å². The number of pyridine rings is 1. The molecule has 1 fully saturated rings. The topological polar surface area (TPSA) is 79.7 Å². The van der Waals surface area contributed by atoms with Crippen LogP contribution in [0.25, 0.3) is 5.76 Å². The number of ether oxygens (including phenoxy) is 1. The van der Waals surface area contributed by atoms with Crippen molar-refractivity contribution >= 4 is 33.4 Å². The number of rotatable bonds is 7. The van der Waals surface area contributed by atoms with Gasteiger partial charge in [0.1, 0.15) is 5.76 Å². The fraction of sp³-hybridized carbons (Fsp3) is 0.318. The van der Waals surface area contributed by atoms with Crippen LogP contribution in [-0.2, 0) is 14.3 Å². The first kappa shape index (κ1) is 21.2. The molecule has 0 saturated carbocycles. The van der Waals surface area contributed by atoms with Crippen LogP contribution in [-0.4, -0.2) is 45.9 Å². The number of carbonyl (C=O) groups excluding carboxylic acids is 2. The minimum atomic E-state index is -0.691. The van der Waals surface area contributed by atoms with E-state index < -0.39 is 17.7 Å². The van der Waals surface area contributed by atoms with Crippen LogP contribution in [0.3, 0.4) is 0 Å². The molecule has 152 valence electrons. The van der Waals surface area contributed by atoms with Gasteiger partial charge in [-0.05, 0) is 44.0 Å². The summed E-state index contributed by atoms with van der Waals surface area (Å²) in [5, 5.41) is 10.9. The van der Waals surface area contributed by atoms with E-state index in [-0.39, 0.29) is 17.4 Å². The predicted molar refractivity (Wildman–Crippen MR) is 113 cm³/mol. The van der Waals surface area contributed by atoms with Crippen molar-refractivity contribution in [2.45, 2.75) is 32.4 Å². The van der Waals surface area contributed by atoms with Gasteiger partial charge in [-0.1, -0.05) is 34.1 Å². The lowest BCUT2D eigenvalue weighted by Crippen LogP contribution is -2.31. The Morgan fingerprint density at radius 2 is 1.97 bits per heavy atom. The van der Waals surface area contributed by atoms with Crippen molar-refractivity contribution in [2.75, 3.05) is 13.2 Å². The van der Waals surface area contributed by atoms with Crippen LogP contribution in [0.15, 0.2) is 58.8 Å². The third-order valence-corrected chi connectivity index (χ3v) is 5.18. The molecule has 1 aliphatic rings. The molecule has 1 saturated heterocycles. The number of aliphatic hydroxyl groups is 1. The summed E-state index contributed by atoms with van der Waals surface area (Å²) >= 11 is 3.36. The van der Waals surface area contributed by atoms with Gasteiger partial charge >= 0.3 is 0 Å². The van der Waals surface area contributed by atoms with Crippen LogP contribution in [0.1, 0.15) is 37.4 Å². The van der Waals surface area contributed by atoms with Gasteiger partial charge in [-0.25, -0.2) is 0 Å². The van der Waals surface area contributed by atoms with Crippen molar-refractivity contribution in [2.24, 2.45) is 0 Å². The van der Waals surface area contributed by atoms with Gasteiger partial charge in [-0.3, -0.25) is 14.6 Å². The zero-order valence-electron chi connectivity index (χ0n) is 16.3. The Kier molecular flexibility index (Phi) is 6.82. The second-order valence-electron chi connectivity index (χ2n) is 7.06. The second-order valence-corrected chi connectivity index (χ2v) is 7.97. The molecule has 3 rings (SSSR count).